The molecule has 1 aromatic heterocycles. The Kier molecular flexibility index (Phi) is 5.43. The second-order valence-corrected chi connectivity index (χ2v) is 6.98. The van der Waals surface area contributed by atoms with Crippen molar-refractivity contribution < 1.29 is 18.0 Å². The lowest BCUT2D eigenvalue weighted by Crippen LogP contribution is -2.41. The number of nitrogens with one attached hydrogen (secondary N) is 1. The van der Waals surface area contributed by atoms with Crippen molar-refractivity contribution in [3.63, 3.8) is 0 Å². The highest BCUT2D eigenvalue weighted by atomic mass is 19.4. The van der Waals surface area contributed by atoms with E-state index in [0.717, 1.165) is 24.5 Å². The second-order valence-electron chi connectivity index (χ2n) is 6.98. The van der Waals surface area contributed by atoms with Crippen LogP contribution in [0, 0.1) is 6.92 Å². The number of aryl methyl sites for hydroxylation is 1. The van der Waals surface area contributed by atoms with E-state index in [-0.39, 0.29) is 11.7 Å². The van der Waals surface area contributed by atoms with Gasteiger partial charge in [-0.05, 0) is 31.9 Å². The van der Waals surface area contributed by atoms with Crippen molar-refractivity contribution in [1.29, 1.82) is 0 Å². The maximum absolute atomic E-state index is 12.9. The number of benzene rings is 1. The minimum atomic E-state index is -4.33. The van der Waals surface area contributed by atoms with Gasteiger partial charge in [0.2, 0.25) is 0 Å². The number of amides is 1. The third-order valence-electron chi connectivity index (χ3n) is 4.91. The Bertz CT molecular complexity index is 846. The van der Waals surface area contributed by atoms with Gasteiger partial charge < -0.3 is 4.90 Å². The summed E-state index contributed by atoms with van der Waals surface area (Å²) in [5.41, 5.74) is 1.17. The van der Waals surface area contributed by atoms with Crippen LogP contribution < -0.4 is 5.56 Å². The van der Waals surface area contributed by atoms with Crippen molar-refractivity contribution in [1.82, 2.24) is 14.7 Å². The SMILES string of the molecule is Cc1ccc(-n2[nH]c(C(=O)N(CCC(F)(F)F)C3CCCC3)cc2=O)cc1. The first-order chi connectivity index (χ1) is 12.7. The minimum absolute atomic E-state index is 0.00893. The summed E-state index contributed by atoms with van der Waals surface area (Å²) in [6.07, 6.45) is -2.24. The molecule has 2 aromatic rings. The molecule has 1 aromatic carbocycles. The zero-order valence-electron chi connectivity index (χ0n) is 15.1. The van der Waals surface area contributed by atoms with Gasteiger partial charge in [-0.3, -0.25) is 14.7 Å². The third kappa shape index (κ3) is 4.61. The summed E-state index contributed by atoms with van der Waals surface area (Å²) >= 11 is 0. The van der Waals surface area contributed by atoms with Gasteiger partial charge in [0.15, 0.2) is 0 Å². The molecule has 1 aliphatic carbocycles. The molecule has 0 saturated heterocycles. The highest BCUT2D eigenvalue weighted by molar-refractivity contribution is 5.92. The average Bonchev–Trinajstić information content (AvgIpc) is 3.25. The van der Waals surface area contributed by atoms with Gasteiger partial charge in [-0.1, -0.05) is 30.5 Å². The number of halogens is 3. The zero-order chi connectivity index (χ0) is 19.6. The number of hydrogen-bond acceptors (Lipinski definition) is 2. The Morgan fingerprint density at radius 2 is 1.85 bits per heavy atom. The topological polar surface area (TPSA) is 58.1 Å². The Hall–Kier alpha value is -2.51. The number of rotatable bonds is 5. The quantitative estimate of drug-likeness (QED) is 0.856. The molecule has 3 rings (SSSR count). The molecule has 5 nitrogen and oxygen atoms in total. The van der Waals surface area contributed by atoms with Crippen molar-refractivity contribution in [2.45, 2.75) is 51.2 Å². The molecule has 1 N–H and O–H groups in total. The van der Waals surface area contributed by atoms with E-state index >= 15 is 0 Å². The highest BCUT2D eigenvalue weighted by Crippen LogP contribution is 2.27. The van der Waals surface area contributed by atoms with Crippen LogP contribution in [0.2, 0.25) is 0 Å². The normalized spacial score (nSPS) is 15.3. The number of hydrogen-bond donors (Lipinski definition) is 1. The van der Waals surface area contributed by atoms with Crippen molar-refractivity contribution in [3.8, 4) is 5.69 Å². The van der Waals surface area contributed by atoms with E-state index in [4.69, 9.17) is 0 Å². The fourth-order valence-corrected chi connectivity index (χ4v) is 3.46. The van der Waals surface area contributed by atoms with Crippen LogP contribution in [0.1, 0.15) is 48.2 Å². The van der Waals surface area contributed by atoms with Crippen molar-refractivity contribution in [2.24, 2.45) is 0 Å². The van der Waals surface area contributed by atoms with Gasteiger partial charge >= 0.3 is 6.18 Å². The maximum Gasteiger partial charge on any atom is 0.390 e. The highest BCUT2D eigenvalue weighted by Gasteiger charge is 2.33. The molecule has 27 heavy (non-hydrogen) atoms. The minimum Gasteiger partial charge on any atom is -0.334 e. The van der Waals surface area contributed by atoms with Gasteiger partial charge in [0.25, 0.3) is 11.5 Å². The van der Waals surface area contributed by atoms with Crippen LogP contribution in [0.25, 0.3) is 5.69 Å². The molecule has 0 spiro atoms. The summed E-state index contributed by atoms with van der Waals surface area (Å²) < 4.78 is 39.3. The van der Waals surface area contributed by atoms with E-state index < -0.39 is 30.6 Å². The summed E-state index contributed by atoms with van der Waals surface area (Å²) in [6.45, 7) is 1.51. The Balaban J connectivity index is 1.86. The molecular formula is C19H22F3N3O2. The summed E-state index contributed by atoms with van der Waals surface area (Å²) in [5, 5.41) is 2.75. The standard InChI is InChI=1S/C19H22F3N3O2/c1-13-6-8-15(9-7-13)25-17(26)12-16(23-25)18(27)24(11-10-19(20,21)22)14-4-2-3-5-14/h6-9,12,14,23H,2-5,10-11H2,1H3. The molecule has 1 fully saturated rings. The number of H-pyrrole nitrogens is 1. The zero-order valence-corrected chi connectivity index (χ0v) is 15.1. The lowest BCUT2D eigenvalue weighted by Gasteiger charge is -2.29. The van der Waals surface area contributed by atoms with Gasteiger partial charge in [0.05, 0.1) is 12.1 Å². The smallest absolute Gasteiger partial charge is 0.334 e. The van der Waals surface area contributed by atoms with E-state index in [1.54, 1.807) is 12.1 Å². The van der Waals surface area contributed by atoms with Crippen molar-refractivity contribution in [3.05, 3.63) is 51.9 Å². The first-order valence-electron chi connectivity index (χ1n) is 9.01. The first kappa shape index (κ1) is 19.3. The lowest BCUT2D eigenvalue weighted by atomic mass is 10.2. The summed E-state index contributed by atoms with van der Waals surface area (Å²) in [4.78, 5) is 26.4. The van der Waals surface area contributed by atoms with Gasteiger partial charge in [-0.2, -0.15) is 13.2 Å². The predicted octanol–water partition coefficient (Wildman–Crippen LogP) is 3.81. The average molecular weight is 381 g/mol. The van der Waals surface area contributed by atoms with E-state index in [2.05, 4.69) is 5.10 Å². The number of aromatic amines is 1. The summed E-state index contributed by atoms with van der Waals surface area (Å²) in [7, 11) is 0. The fraction of sp³-hybridized carbons (Fsp3) is 0.474. The van der Waals surface area contributed by atoms with Crippen LogP contribution in [-0.4, -0.2) is 39.4 Å². The predicted molar refractivity (Wildman–Crippen MR) is 95.1 cm³/mol. The molecule has 0 atom stereocenters. The molecule has 8 heteroatoms. The molecule has 1 aliphatic rings. The van der Waals surface area contributed by atoms with Gasteiger partial charge in [-0.25, -0.2) is 4.68 Å². The Morgan fingerprint density at radius 3 is 2.44 bits per heavy atom. The van der Waals surface area contributed by atoms with Gasteiger partial charge in [0, 0.05) is 18.7 Å². The summed E-state index contributed by atoms with van der Waals surface area (Å²) in [5.74, 6) is -0.561. The van der Waals surface area contributed by atoms with Crippen LogP contribution >= 0.6 is 0 Å². The van der Waals surface area contributed by atoms with Crippen LogP contribution in [0.5, 0.6) is 0 Å². The lowest BCUT2D eigenvalue weighted by molar-refractivity contribution is -0.137. The third-order valence-corrected chi connectivity index (χ3v) is 4.91. The molecule has 0 bridgehead atoms. The second kappa shape index (κ2) is 7.62. The van der Waals surface area contributed by atoms with Crippen molar-refractivity contribution >= 4 is 5.91 Å². The number of nitrogens with zero attached hydrogens (tertiary/aromatic N) is 2. The van der Waals surface area contributed by atoms with Crippen LogP contribution in [0.4, 0.5) is 13.2 Å². The Labute approximate surface area is 154 Å². The molecule has 1 saturated carbocycles. The molecule has 0 unspecified atom stereocenters. The number of carbonyl (C=O) groups is 1. The van der Waals surface area contributed by atoms with Crippen LogP contribution in [0.15, 0.2) is 35.1 Å². The summed E-state index contributed by atoms with van der Waals surface area (Å²) in [6, 6.07) is 8.07. The van der Waals surface area contributed by atoms with Crippen molar-refractivity contribution in [2.75, 3.05) is 6.54 Å². The van der Waals surface area contributed by atoms with Crippen LogP contribution in [0.3, 0.4) is 0 Å². The largest absolute Gasteiger partial charge is 0.390 e. The van der Waals surface area contributed by atoms with Crippen LogP contribution in [-0.2, 0) is 0 Å². The van der Waals surface area contributed by atoms with Gasteiger partial charge in [-0.15, -0.1) is 0 Å². The fourth-order valence-electron chi connectivity index (χ4n) is 3.46. The first-order valence-corrected chi connectivity index (χ1v) is 9.01. The number of carbonyl (C=O) groups excluding carboxylic acids is 1. The molecule has 1 amide bonds. The molecule has 0 radical (unpaired) electrons. The molecular weight excluding hydrogens is 359 g/mol. The monoisotopic (exact) mass is 381 g/mol. The van der Waals surface area contributed by atoms with Gasteiger partial charge in [0.1, 0.15) is 5.69 Å². The molecule has 0 aliphatic heterocycles. The number of aromatic nitrogens is 2. The molecule has 146 valence electrons. The van der Waals surface area contributed by atoms with E-state index in [1.165, 1.54) is 9.58 Å². The number of alkyl halides is 3. The van der Waals surface area contributed by atoms with E-state index in [1.807, 2.05) is 19.1 Å². The Morgan fingerprint density at radius 1 is 1.22 bits per heavy atom. The van der Waals surface area contributed by atoms with E-state index in [9.17, 15) is 22.8 Å². The van der Waals surface area contributed by atoms with E-state index in [0.29, 0.717) is 18.5 Å². The maximum atomic E-state index is 12.9. The molecule has 1 heterocycles.